The summed E-state index contributed by atoms with van der Waals surface area (Å²) in [5.74, 6) is 0.810. The van der Waals surface area contributed by atoms with Gasteiger partial charge in [0.25, 0.3) is 0 Å². The maximum absolute atomic E-state index is 5.60. The van der Waals surface area contributed by atoms with Crippen molar-refractivity contribution in [3.8, 4) is 5.75 Å². The summed E-state index contributed by atoms with van der Waals surface area (Å²) in [4.78, 5) is 0. The number of nitrogens with one attached hydrogen (secondary N) is 1. The monoisotopic (exact) mass is 191 g/mol. The second kappa shape index (κ2) is 4.09. The van der Waals surface area contributed by atoms with Crippen LogP contribution in [0.4, 0.5) is 0 Å². The molecule has 0 radical (unpaired) electrons. The number of rotatable bonds is 4. The van der Waals surface area contributed by atoms with Crippen LogP contribution in [0.1, 0.15) is 19.8 Å². The third-order valence-electron chi connectivity index (χ3n) is 2.07. The molecule has 0 amide bonds. The molecule has 14 heavy (non-hydrogen) atoms. The van der Waals surface area contributed by atoms with Gasteiger partial charge in [0.2, 0.25) is 0 Å². The van der Waals surface area contributed by atoms with Gasteiger partial charge < -0.3 is 4.74 Å². The lowest BCUT2D eigenvalue weighted by molar-refractivity contribution is 0.312. The fraction of sp³-hybridized carbons (Fsp3) is 0.400. The van der Waals surface area contributed by atoms with Crippen molar-refractivity contribution in [2.24, 2.45) is 0 Å². The molecule has 74 valence electrons. The van der Waals surface area contributed by atoms with E-state index in [1.807, 2.05) is 18.2 Å². The Bertz CT molecular complexity index is 410. The summed E-state index contributed by atoms with van der Waals surface area (Å²) in [6.07, 6.45) is 2.20. The Labute approximate surface area is 82.3 Å². The van der Waals surface area contributed by atoms with Crippen LogP contribution in [0.3, 0.4) is 0 Å². The van der Waals surface area contributed by atoms with Crippen LogP contribution in [0.25, 0.3) is 11.0 Å². The average molecular weight is 191 g/mol. The first-order chi connectivity index (χ1) is 6.92. The predicted molar refractivity (Wildman–Crippen MR) is 54.3 cm³/mol. The zero-order valence-electron chi connectivity index (χ0n) is 8.16. The van der Waals surface area contributed by atoms with Crippen LogP contribution < -0.4 is 4.74 Å². The highest BCUT2D eigenvalue weighted by atomic mass is 16.5. The fourth-order valence-electron chi connectivity index (χ4n) is 1.29. The minimum atomic E-state index is 0.739. The van der Waals surface area contributed by atoms with E-state index >= 15 is 0 Å². The van der Waals surface area contributed by atoms with Gasteiger partial charge in [-0.05, 0) is 18.6 Å². The van der Waals surface area contributed by atoms with E-state index < -0.39 is 0 Å². The predicted octanol–water partition coefficient (Wildman–Crippen LogP) is 2.14. The van der Waals surface area contributed by atoms with Crippen molar-refractivity contribution in [3.63, 3.8) is 0 Å². The number of aromatic amines is 1. The second-order valence-corrected chi connectivity index (χ2v) is 3.17. The molecule has 4 nitrogen and oxygen atoms in total. The van der Waals surface area contributed by atoms with E-state index in [-0.39, 0.29) is 0 Å². The van der Waals surface area contributed by atoms with Crippen LogP contribution in [-0.2, 0) is 0 Å². The highest BCUT2D eigenvalue weighted by Crippen LogP contribution is 2.21. The first kappa shape index (κ1) is 8.99. The van der Waals surface area contributed by atoms with E-state index in [1.165, 1.54) is 0 Å². The Morgan fingerprint density at radius 1 is 1.43 bits per heavy atom. The standard InChI is InChI=1S/C10H13N3O/c1-2-3-7-14-9-6-4-5-8-10(9)12-13-11-8/h4-6H,2-3,7H2,1H3,(H,11,12,13). The van der Waals surface area contributed by atoms with Gasteiger partial charge in [-0.3, -0.25) is 5.10 Å². The number of hydrogen-bond donors (Lipinski definition) is 1. The Balaban J connectivity index is 2.19. The highest BCUT2D eigenvalue weighted by molar-refractivity contribution is 5.80. The van der Waals surface area contributed by atoms with Crippen molar-refractivity contribution in [1.29, 1.82) is 0 Å². The summed E-state index contributed by atoms with van der Waals surface area (Å²) in [6.45, 7) is 2.88. The lowest BCUT2D eigenvalue weighted by atomic mass is 10.3. The van der Waals surface area contributed by atoms with Gasteiger partial charge in [-0.2, -0.15) is 0 Å². The highest BCUT2D eigenvalue weighted by Gasteiger charge is 2.03. The number of hydrogen-bond acceptors (Lipinski definition) is 3. The summed E-state index contributed by atoms with van der Waals surface area (Å²) >= 11 is 0. The summed E-state index contributed by atoms with van der Waals surface area (Å²) in [5.41, 5.74) is 1.72. The number of unbranched alkanes of at least 4 members (excludes halogenated alkanes) is 1. The Morgan fingerprint density at radius 3 is 3.21 bits per heavy atom. The molecule has 0 unspecified atom stereocenters. The molecule has 0 aliphatic carbocycles. The molecule has 0 aliphatic rings. The fourth-order valence-corrected chi connectivity index (χ4v) is 1.29. The molecule has 4 heteroatoms. The van der Waals surface area contributed by atoms with Crippen LogP contribution in [-0.4, -0.2) is 22.0 Å². The zero-order chi connectivity index (χ0) is 9.80. The number of benzene rings is 1. The lowest BCUT2D eigenvalue weighted by Crippen LogP contribution is -1.96. The van der Waals surface area contributed by atoms with Crippen molar-refractivity contribution in [3.05, 3.63) is 18.2 Å². The van der Waals surface area contributed by atoms with Gasteiger partial charge in [-0.15, -0.1) is 5.10 Å². The molecule has 1 aromatic heterocycles. The molecule has 0 aliphatic heterocycles. The van der Waals surface area contributed by atoms with Crippen LogP contribution in [0.15, 0.2) is 18.2 Å². The van der Waals surface area contributed by atoms with Crippen LogP contribution >= 0.6 is 0 Å². The van der Waals surface area contributed by atoms with E-state index in [2.05, 4.69) is 22.3 Å². The SMILES string of the molecule is CCCCOc1cccc2[nH]nnc12. The summed E-state index contributed by atoms with van der Waals surface area (Å²) in [6, 6.07) is 5.78. The number of aromatic nitrogens is 3. The first-order valence-electron chi connectivity index (χ1n) is 4.84. The number of ether oxygens (including phenoxy) is 1. The van der Waals surface area contributed by atoms with Gasteiger partial charge in [0.05, 0.1) is 12.1 Å². The van der Waals surface area contributed by atoms with Gasteiger partial charge in [-0.25, -0.2) is 0 Å². The molecule has 0 spiro atoms. The van der Waals surface area contributed by atoms with Crippen LogP contribution in [0, 0.1) is 0 Å². The summed E-state index contributed by atoms with van der Waals surface area (Å²) in [5, 5.41) is 10.5. The molecular weight excluding hydrogens is 178 g/mol. The van der Waals surface area contributed by atoms with E-state index in [9.17, 15) is 0 Å². The molecule has 0 bridgehead atoms. The molecule has 1 N–H and O–H groups in total. The van der Waals surface area contributed by atoms with Gasteiger partial charge in [-0.1, -0.05) is 24.6 Å². The van der Waals surface area contributed by atoms with Crippen LogP contribution in [0.5, 0.6) is 5.75 Å². The minimum Gasteiger partial charge on any atom is -0.491 e. The number of nitrogens with zero attached hydrogens (tertiary/aromatic N) is 2. The summed E-state index contributed by atoms with van der Waals surface area (Å²) < 4.78 is 5.60. The quantitative estimate of drug-likeness (QED) is 0.753. The van der Waals surface area contributed by atoms with Gasteiger partial charge >= 0.3 is 0 Å². The van der Waals surface area contributed by atoms with Crippen molar-refractivity contribution in [2.75, 3.05) is 6.61 Å². The van der Waals surface area contributed by atoms with Gasteiger partial charge in [0, 0.05) is 0 Å². The largest absolute Gasteiger partial charge is 0.491 e. The maximum Gasteiger partial charge on any atom is 0.154 e. The molecule has 0 saturated carbocycles. The van der Waals surface area contributed by atoms with Crippen molar-refractivity contribution < 1.29 is 4.74 Å². The van der Waals surface area contributed by atoms with Crippen molar-refractivity contribution in [1.82, 2.24) is 15.4 Å². The number of fused-ring (bicyclic) bond motifs is 1. The maximum atomic E-state index is 5.60. The smallest absolute Gasteiger partial charge is 0.154 e. The molecular formula is C10H13N3O. The average Bonchev–Trinajstić information content (AvgIpc) is 2.67. The molecule has 1 heterocycles. The Kier molecular flexibility index (Phi) is 2.62. The van der Waals surface area contributed by atoms with E-state index in [4.69, 9.17) is 4.74 Å². The number of H-pyrrole nitrogens is 1. The lowest BCUT2D eigenvalue weighted by Gasteiger charge is -2.04. The molecule has 2 rings (SSSR count). The van der Waals surface area contributed by atoms with Gasteiger partial charge in [0.15, 0.2) is 5.52 Å². The van der Waals surface area contributed by atoms with Gasteiger partial charge in [0.1, 0.15) is 5.75 Å². The second-order valence-electron chi connectivity index (χ2n) is 3.17. The van der Waals surface area contributed by atoms with Crippen molar-refractivity contribution >= 4 is 11.0 Å². The van der Waals surface area contributed by atoms with E-state index in [0.717, 1.165) is 36.2 Å². The third-order valence-corrected chi connectivity index (χ3v) is 2.07. The third kappa shape index (κ3) is 1.69. The molecule has 0 saturated heterocycles. The molecule has 0 fully saturated rings. The molecule has 1 aromatic carbocycles. The first-order valence-corrected chi connectivity index (χ1v) is 4.84. The normalized spacial score (nSPS) is 10.6. The topological polar surface area (TPSA) is 50.8 Å². The van der Waals surface area contributed by atoms with Crippen molar-refractivity contribution in [2.45, 2.75) is 19.8 Å². The summed E-state index contributed by atoms with van der Waals surface area (Å²) in [7, 11) is 0. The Hall–Kier alpha value is -1.58. The van der Waals surface area contributed by atoms with E-state index in [1.54, 1.807) is 0 Å². The van der Waals surface area contributed by atoms with E-state index in [0.29, 0.717) is 0 Å². The molecule has 0 atom stereocenters. The van der Waals surface area contributed by atoms with Crippen LogP contribution in [0.2, 0.25) is 0 Å². The zero-order valence-corrected chi connectivity index (χ0v) is 8.16. The molecule has 2 aromatic rings. The minimum absolute atomic E-state index is 0.739. The Morgan fingerprint density at radius 2 is 2.36 bits per heavy atom.